The van der Waals surface area contributed by atoms with Gasteiger partial charge in [0.05, 0.1) is 11.3 Å². The van der Waals surface area contributed by atoms with E-state index in [2.05, 4.69) is 53.1 Å². The van der Waals surface area contributed by atoms with Crippen LogP contribution in [0.15, 0.2) is 49.8 Å². The molecule has 112 valence electrons. The molecule has 7 heteroatoms. The van der Waals surface area contributed by atoms with Crippen LogP contribution in [0.4, 0.5) is 18.9 Å². The maximum absolute atomic E-state index is 12.9. The summed E-state index contributed by atoms with van der Waals surface area (Å²) in [6.07, 6.45) is -4.35. The van der Waals surface area contributed by atoms with E-state index in [0.717, 1.165) is 19.5 Å². The lowest BCUT2D eigenvalue weighted by molar-refractivity contribution is -0.138. The quantitative estimate of drug-likeness (QED) is 0.514. The maximum Gasteiger partial charge on any atom is 0.416 e. The van der Waals surface area contributed by atoms with Gasteiger partial charge in [-0.1, -0.05) is 34.1 Å². The molecular weight excluding hydrogens is 479 g/mol. The lowest BCUT2D eigenvalue weighted by Gasteiger charge is -2.15. The van der Waals surface area contributed by atoms with Gasteiger partial charge in [-0.3, -0.25) is 0 Å². The molecule has 1 N–H and O–H groups in total. The summed E-state index contributed by atoms with van der Waals surface area (Å²) in [4.78, 5) is 0. The number of nitrogens with one attached hydrogen (secondary N) is 1. The van der Waals surface area contributed by atoms with Gasteiger partial charge < -0.3 is 5.32 Å². The molecule has 2 aromatic carbocycles. The summed E-state index contributed by atoms with van der Waals surface area (Å²) in [6.45, 7) is 0.0779. The van der Waals surface area contributed by atoms with Crippen LogP contribution in [0, 0.1) is 0 Å². The third-order valence-electron chi connectivity index (χ3n) is 2.79. The summed E-state index contributed by atoms with van der Waals surface area (Å²) < 4.78 is 41.2. The minimum Gasteiger partial charge on any atom is -0.379 e. The van der Waals surface area contributed by atoms with Crippen molar-refractivity contribution in [2.45, 2.75) is 12.7 Å². The molecule has 0 saturated carbocycles. The number of hydrogen-bond donors (Lipinski definition) is 1. The average molecular weight is 488 g/mol. The maximum atomic E-state index is 12.9. The van der Waals surface area contributed by atoms with Gasteiger partial charge in [0.15, 0.2) is 0 Å². The van der Waals surface area contributed by atoms with Crippen molar-refractivity contribution in [3.05, 3.63) is 60.9 Å². The molecule has 2 aromatic rings. The first-order valence-corrected chi connectivity index (χ1v) is 8.20. The minimum absolute atomic E-state index is 0.0779. The number of rotatable bonds is 3. The van der Waals surface area contributed by atoms with Gasteiger partial charge in [0, 0.05) is 20.0 Å². The highest BCUT2D eigenvalue weighted by molar-refractivity contribution is 9.11. The van der Waals surface area contributed by atoms with Crippen LogP contribution in [0.3, 0.4) is 0 Å². The number of anilines is 1. The lowest BCUT2D eigenvalue weighted by atomic mass is 10.1. The Hall–Kier alpha value is -0.530. The highest BCUT2D eigenvalue weighted by Gasteiger charge is 2.32. The van der Waals surface area contributed by atoms with E-state index in [0.29, 0.717) is 5.69 Å². The van der Waals surface area contributed by atoms with Crippen molar-refractivity contribution in [1.29, 1.82) is 0 Å². The van der Waals surface area contributed by atoms with Gasteiger partial charge in [-0.05, 0) is 55.6 Å². The lowest BCUT2D eigenvalue weighted by Crippen LogP contribution is -2.12. The molecule has 21 heavy (non-hydrogen) atoms. The van der Waals surface area contributed by atoms with E-state index < -0.39 is 11.7 Å². The topological polar surface area (TPSA) is 12.0 Å². The van der Waals surface area contributed by atoms with Crippen LogP contribution < -0.4 is 5.32 Å². The Morgan fingerprint density at radius 1 is 0.952 bits per heavy atom. The number of alkyl halides is 3. The van der Waals surface area contributed by atoms with Gasteiger partial charge in [-0.25, -0.2) is 0 Å². The normalized spacial score (nSPS) is 11.5. The molecule has 0 atom stereocenters. The second-order valence-corrected chi connectivity index (χ2v) is 6.88. The first-order valence-electron chi connectivity index (χ1n) is 5.82. The van der Waals surface area contributed by atoms with Gasteiger partial charge in [0.1, 0.15) is 0 Å². The number of benzene rings is 2. The number of halogens is 6. The zero-order chi connectivity index (χ0) is 15.6. The van der Waals surface area contributed by atoms with Crippen LogP contribution in [0.2, 0.25) is 0 Å². The summed E-state index contributed by atoms with van der Waals surface area (Å²) >= 11 is 10.1. The van der Waals surface area contributed by atoms with Crippen molar-refractivity contribution in [3.63, 3.8) is 0 Å². The molecule has 0 aliphatic rings. The molecule has 0 radical (unpaired) electrons. The summed E-state index contributed by atoms with van der Waals surface area (Å²) in [7, 11) is 0. The summed E-state index contributed by atoms with van der Waals surface area (Å²) in [6, 6.07) is 9.18. The largest absolute Gasteiger partial charge is 0.416 e. The molecule has 0 spiro atoms. The molecule has 0 aliphatic carbocycles. The third kappa shape index (κ3) is 4.23. The van der Waals surface area contributed by atoms with E-state index in [1.165, 1.54) is 12.1 Å². The van der Waals surface area contributed by atoms with Crippen LogP contribution in [-0.4, -0.2) is 0 Å². The van der Waals surface area contributed by atoms with E-state index in [1.807, 2.05) is 12.1 Å². The Balaban J connectivity index is 2.26. The minimum atomic E-state index is -4.35. The standard InChI is InChI=1S/C14H9Br3F3N/c15-9-5-11(16)13(12(17)6-9)21-7-8-3-1-2-4-10(8)14(18,19)20/h1-6,21H,7H2. The van der Waals surface area contributed by atoms with Crippen molar-refractivity contribution >= 4 is 53.5 Å². The monoisotopic (exact) mass is 485 g/mol. The summed E-state index contributed by atoms with van der Waals surface area (Å²) in [5.74, 6) is 0. The number of hydrogen-bond acceptors (Lipinski definition) is 1. The fourth-order valence-corrected chi connectivity index (χ4v) is 4.38. The third-order valence-corrected chi connectivity index (χ3v) is 4.49. The van der Waals surface area contributed by atoms with E-state index >= 15 is 0 Å². The SMILES string of the molecule is FC(F)(F)c1ccccc1CNc1c(Br)cc(Br)cc1Br. The van der Waals surface area contributed by atoms with E-state index in [1.54, 1.807) is 6.07 Å². The first-order chi connectivity index (χ1) is 9.79. The zero-order valence-corrected chi connectivity index (χ0v) is 15.2. The molecule has 0 fully saturated rings. The molecule has 1 nitrogen and oxygen atoms in total. The predicted molar refractivity (Wildman–Crippen MR) is 88.3 cm³/mol. The van der Waals surface area contributed by atoms with Crippen LogP contribution in [-0.2, 0) is 12.7 Å². The Labute approximate surface area is 145 Å². The van der Waals surface area contributed by atoms with E-state index in [9.17, 15) is 13.2 Å². The second-order valence-electron chi connectivity index (χ2n) is 4.25. The fraction of sp³-hybridized carbons (Fsp3) is 0.143. The summed E-state index contributed by atoms with van der Waals surface area (Å²) in [5, 5.41) is 3.02. The molecule has 0 aliphatic heterocycles. The highest BCUT2D eigenvalue weighted by Crippen LogP contribution is 2.36. The smallest absolute Gasteiger partial charge is 0.379 e. The van der Waals surface area contributed by atoms with Gasteiger partial charge in [0.2, 0.25) is 0 Å². The van der Waals surface area contributed by atoms with Gasteiger partial charge in [-0.15, -0.1) is 0 Å². The van der Waals surface area contributed by atoms with Crippen molar-refractivity contribution in [2.75, 3.05) is 5.32 Å². The van der Waals surface area contributed by atoms with Crippen molar-refractivity contribution < 1.29 is 13.2 Å². The zero-order valence-electron chi connectivity index (χ0n) is 10.4. The van der Waals surface area contributed by atoms with Gasteiger partial charge in [0.25, 0.3) is 0 Å². The Bertz CT molecular complexity index is 633. The highest BCUT2D eigenvalue weighted by atomic mass is 79.9. The molecular formula is C14H9Br3F3N. The van der Waals surface area contributed by atoms with Crippen LogP contribution in [0.1, 0.15) is 11.1 Å². The predicted octanol–water partition coefficient (Wildman–Crippen LogP) is 6.61. The molecule has 0 saturated heterocycles. The second kappa shape index (κ2) is 6.71. The molecule has 0 amide bonds. The van der Waals surface area contributed by atoms with Crippen molar-refractivity contribution in [1.82, 2.24) is 0 Å². The molecule has 0 bridgehead atoms. The van der Waals surface area contributed by atoms with Crippen molar-refractivity contribution in [3.8, 4) is 0 Å². The molecule has 2 rings (SSSR count). The molecule has 0 heterocycles. The van der Waals surface area contributed by atoms with E-state index in [4.69, 9.17) is 0 Å². The van der Waals surface area contributed by atoms with E-state index in [-0.39, 0.29) is 12.1 Å². The summed E-state index contributed by atoms with van der Waals surface area (Å²) in [5.41, 5.74) is 0.281. The fourth-order valence-electron chi connectivity index (χ4n) is 1.85. The first kappa shape index (κ1) is 16.8. The molecule has 0 unspecified atom stereocenters. The van der Waals surface area contributed by atoms with Gasteiger partial charge >= 0.3 is 6.18 Å². The van der Waals surface area contributed by atoms with Crippen LogP contribution >= 0.6 is 47.8 Å². The van der Waals surface area contributed by atoms with Gasteiger partial charge in [-0.2, -0.15) is 13.2 Å². The van der Waals surface area contributed by atoms with Crippen molar-refractivity contribution in [2.24, 2.45) is 0 Å². The van der Waals surface area contributed by atoms with Crippen LogP contribution in [0.25, 0.3) is 0 Å². The Kier molecular flexibility index (Phi) is 5.38. The van der Waals surface area contributed by atoms with Crippen LogP contribution in [0.5, 0.6) is 0 Å². The molecule has 0 aromatic heterocycles. The Morgan fingerprint density at radius 2 is 1.52 bits per heavy atom. The average Bonchev–Trinajstić information content (AvgIpc) is 2.36. The Morgan fingerprint density at radius 3 is 2.10 bits per heavy atom.